The number of aromatic hydroxyl groups is 2. The van der Waals surface area contributed by atoms with E-state index < -0.39 is 35.4 Å². The number of aliphatic hydroxyl groups is 2. The van der Waals surface area contributed by atoms with Gasteiger partial charge in [-0.25, -0.2) is 0 Å². The minimum atomic E-state index is -1.07. The van der Waals surface area contributed by atoms with Gasteiger partial charge in [0.25, 0.3) is 0 Å². The molecule has 8 heteroatoms. The van der Waals surface area contributed by atoms with Gasteiger partial charge in [0.05, 0.1) is 35.5 Å². The standard InChI is InChI=1S/C25H17NO6.C3H8O/c1-32-18-9-8-13-19(24(18)30)25(31)21-20(23(13)29)17(28)11-15-14-10-12(26-22(15)21)6-4-2-3-5-7-16(14)27;1-3(2)4/h2-3,8-9,11-12,14,16,26-28,30H,10H2,1H3;3-4H,1-2H3/b3-2-;/t12-,14?,16?;/m0./s1. The Bertz CT molecular complexity index is 1410. The van der Waals surface area contributed by atoms with E-state index in [1.165, 1.54) is 31.4 Å². The summed E-state index contributed by atoms with van der Waals surface area (Å²) in [4.78, 5) is 26.8. The number of allylic oxidation sites excluding steroid dienone is 2. The molecule has 0 fully saturated rings. The molecule has 0 spiro atoms. The maximum Gasteiger partial charge on any atom is 0.200 e. The average Bonchev–Trinajstić information content (AvgIpc) is 2.83. The summed E-state index contributed by atoms with van der Waals surface area (Å²) in [5, 5.41) is 43.3. The molecule has 5 rings (SSSR count). The Morgan fingerprint density at radius 1 is 1.03 bits per heavy atom. The SMILES string of the molecule is CC(C)O.COc1ccc2c(c1O)C(=O)c1c3c(cc(O)c1C2=O)C1C[C@H](C#C/C=C\C#CC1O)N3. The summed E-state index contributed by atoms with van der Waals surface area (Å²) in [6, 6.07) is 3.74. The molecular weight excluding hydrogens is 462 g/mol. The van der Waals surface area contributed by atoms with Crippen LogP contribution in [0.5, 0.6) is 17.2 Å². The summed E-state index contributed by atoms with van der Waals surface area (Å²) in [5.74, 6) is 8.82. The number of aliphatic hydroxyl groups excluding tert-OH is 2. The van der Waals surface area contributed by atoms with Crippen LogP contribution in [0.3, 0.4) is 0 Å². The fourth-order valence-electron chi connectivity index (χ4n) is 4.48. The van der Waals surface area contributed by atoms with Crippen LogP contribution in [0.25, 0.3) is 0 Å². The molecule has 184 valence electrons. The van der Waals surface area contributed by atoms with Crippen LogP contribution in [0.1, 0.15) is 63.6 Å². The van der Waals surface area contributed by atoms with E-state index in [9.17, 15) is 24.9 Å². The zero-order chi connectivity index (χ0) is 26.1. The van der Waals surface area contributed by atoms with Gasteiger partial charge >= 0.3 is 0 Å². The van der Waals surface area contributed by atoms with Gasteiger partial charge in [-0.05, 0) is 56.2 Å². The molecule has 0 radical (unpaired) electrons. The second kappa shape index (κ2) is 9.79. The van der Waals surface area contributed by atoms with Crippen molar-refractivity contribution in [2.24, 2.45) is 0 Å². The molecule has 5 N–H and O–H groups in total. The molecule has 0 aromatic heterocycles. The van der Waals surface area contributed by atoms with E-state index in [1.54, 1.807) is 19.9 Å². The van der Waals surface area contributed by atoms with Gasteiger partial charge in [-0.1, -0.05) is 23.7 Å². The lowest BCUT2D eigenvalue weighted by Crippen LogP contribution is -2.35. The second-order valence-electron chi connectivity index (χ2n) is 8.80. The molecule has 0 amide bonds. The third-order valence-electron chi connectivity index (χ3n) is 5.95. The molecule has 2 aromatic carbocycles. The van der Waals surface area contributed by atoms with Crippen LogP contribution in [0.15, 0.2) is 30.4 Å². The highest BCUT2D eigenvalue weighted by molar-refractivity contribution is 6.32. The lowest BCUT2D eigenvalue weighted by atomic mass is 9.76. The highest BCUT2D eigenvalue weighted by Crippen LogP contribution is 2.48. The number of fused-ring (bicyclic) bond motifs is 7. The first-order valence-electron chi connectivity index (χ1n) is 11.3. The van der Waals surface area contributed by atoms with Gasteiger partial charge in [0.2, 0.25) is 5.78 Å². The summed E-state index contributed by atoms with van der Waals surface area (Å²) in [7, 11) is 1.34. The van der Waals surface area contributed by atoms with Crippen LogP contribution < -0.4 is 10.1 Å². The molecule has 2 unspecified atom stereocenters. The van der Waals surface area contributed by atoms with Gasteiger partial charge < -0.3 is 30.5 Å². The zero-order valence-electron chi connectivity index (χ0n) is 19.9. The van der Waals surface area contributed by atoms with Crippen LogP contribution in [0, 0.1) is 23.7 Å². The molecule has 8 nitrogen and oxygen atoms in total. The number of phenolic OH excluding ortho intramolecular Hbond substituents is 2. The van der Waals surface area contributed by atoms with E-state index in [1.807, 2.05) is 0 Å². The Morgan fingerprint density at radius 3 is 2.36 bits per heavy atom. The molecule has 36 heavy (non-hydrogen) atoms. The number of rotatable bonds is 1. The molecule has 0 saturated carbocycles. The smallest absolute Gasteiger partial charge is 0.200 e. The Morgan fingerprint density at radius 2 is 1.69 bits per heavy atom. The fraction of sp³-hybridized carbons (Fsp3) is 0.286. The van der Waals surface area contributed by atoms with Gasteiger partial charge in [-0.2, -0.15) is 0 Å². The van der Waals surface area contributed by atoms with Crippen molar-refractivity contribution >= 4 is 17.3 Å². The van der Waals surface area contributed by atoms with Crippen LogP contribution in [-0.4, -0.2) is 57.4 Å². The molecule has 3 atom stereocenters. The van der Waals surface area contributed by atoms with Gasteiger partial charge in [0.1, 0.15) is 11.9 Å². The Kier molecular flexibility index (Phi) is 6.76. The number of hydrogen-bond donors (Lipinski definition) is 5. The summed E-state index contributed by atoms with van der Waals surface area (Å²) >= 11 is 0. The minimum Gasteiger partial charge on any atom is -0.507 e. The molecule has 1 heterocycles. The lowest BCUT2D eigenvalue weighted by molar-refractivity contribution is 0.0973. The first kappa shape index (κ1) is 24.9. The van der Waals surface area contributed by atoms with Gasteiger partial charge in [0, 0.05) is 17.6 Å². The minimum absolute atomic E-state index is 0.0230. The summed E-state index contributed by atoms with van der Waals surface area (Å²) in [6.07, 6.45) is 2.26. The maximum absolute atomic E-state index is 13.6. The van der Waals surface area contributed by atoms with Crippen molar-refractivity contribution in [1.82, 2.24) is 0 Å². The number of benzene rings is 2. The molecule has 0 saturated heterocycles. The van der Waals surface area contributed by atoms with E-state index >= 15 is 0 Å². The predicted octanol–water partition coefficient (Wildman–Crippen LogP) is 2.47. The quantitative estimate of drug-likeness (QED) is 0.261. The van der Waals surface area contributed by atoms with E-state index in [0.717, 1.165) is 0 Å². The van der Waals surface area contributed by atoms with Gasteiger partial charge in [-0.3, -0.25) is 9.59 Å². The Balaban J connectivity index is 0.000000709. The van der Waals surface area contributed by atoms with Gasteiger partial charge in [0.15, 0.2) is 17.3 Å². The number of carbonyl (C=O) groups is 2. The fourth-order valence-corrected chi connectivity index (χ4v) is 4.48. The number of carbonyl (C=O) groups excluding carboxylic acids is 2. The van der Waals surface area contributed by atoms with E-state index in [4.69, 9.17) is 9.84 Å². The Labute approximate surface area is 208 Å². The molecular formula is C28H25NO7. The van der Waals surface area contributed by atoms with E-state index in [2.05, 4.69) is 29.0 Å². The van der Waals surface area contributed by atoms with Crippen LogP contribution >= 0.6 is 0 Å². The number of anilines is 1. The van der Waals surface area contributed by atoms with Crippen molar-refractivity contribution in [3.05, 3.63) is 58.2 Å². The van der Waals surface area contributed by atoms with E-state index in [-0.39, 0.29) is 39.9 Å². The number of ether oxygens (including phenoxy) is 1. The number of nitrogens with one attached hydrogen (secondary N) is 1. The van der Waals surface area contributed by atoms with Crippen LogP contribution in [0.2, 0.25) is 0 Å². The van der Waals surface area contributed by atoms with Crippen LogP contribution in [0.4, 0.5) is 5.69 Å². The summed E-state index contributed by atoms with van der Waals surface area (Å²) < 4.78 is 5.10. The molecule has 1 aliphatic heterocycles. The average molecular weight is 488 g/mol. The number of ketones is 2. The Hall–Kier alpha value is -4.24. The number of methoxy groups -OCH3 is 1. The summed E-state index contributed by atoms with van der Waals surface area (Å²) in [6.45, 7) is 3.44. The van der Waals surface area contributed by atoms with Crippen molar-refractivity contribution in [2.45, 2.75) is 44.4 Å². The molecule has 2 aromatic rings. The number of phenols is 2. The second-order valence-corrected chi connectivity index (χ2v) is 8.80. The maximum atomic E-state index is 13.6. The van der Waals surface area contributed by atoms with Gasteiger partial charge in [-0.15, -0.1) is 0 Å². The lowest BCUT2D eigenvalue weighted by Gasteiger charge is -2.35. The van der Waals surface area contributed by atoms with Crippen molar-refractivity contribution in [3.8, 4) is 40.9 Å². The topological polar surface area (TPSA) is 136 Å². The highest BCUT2D eigenvalue weighted by Gasteiger charge is 2.41. The number of hydrogen-bond acceptors (Lipinski definition) is 8. The van der Waals surface area contributed by atoms with Crippen molar-refractivity contribution < 1.29 is 34.8 Å². The first-order valence-corrected chi connectivity index (χ1v) is 11.3. The third-order valence-corrected chi connectivity index (χ3v) is 5.95. The van der Waals surface area contributed by atoms with Crippen molar-refractivity contribution in [2.75, 3.05) is 12.4 Å². The monoisotopic (exact) mass is 487 g/mol. The largest absolute Gasteiger partial charge is 0.507 e. The predicted molar refractivity (Wildman–Crippen MR) is 132 cm³/mol. The highest BCUT2D eigenvalue weighted by atomic mass is 16.5. The zero-order valence-corrected chi connectivity index (χ0v) is 19.9. The molecule has 3 aliphatic rings. The third kappa shape index (κ3) is 4.29. The molecule has 2 aliphatic carbocycles. The molecule has 2 bridgehead atoms. The summed E-state index contributed by atoms with van der Waals surface area (Å²) in [5.41, 5.74) is 0.321. The first-order chi connectivity index (χ1) is 17.1. The van der Waals surface area contributed by atoms with Crippen LogP contribution in [-0.2, 0) is 0 Å². The van der Waals surface area contributed by atoms with Crippen molar-refractivity contribution in [3.63, 3.8) is 0 Å². The normalized spacial score (nSPS) is 21.6. The van der Waals surface area contributed by atoms with Crippen molar-refractivity contribution in [1.29, 1.82) is 0 Å². The van der Waals surface area contributed by atoms with E-state index in [0.29, 0.717) is 17.7 Å².